The second kappa shape index (κ2) is 4.84. The van der Waals surface area contributed by atoms with E-state index in [1.54, 1.807) is 0 Å². The molecule has 1 aliphatic rings. The van der Waals surface area contributed by atoms with Gasteiger partial charge in [0.15, 0.2) is 17.6 Å². The number of hydrogen-bond donors (Lipinski definition) is 4. The molecular formula is C8H11NO7. The largest absolute Gasteiger partial charge is 0.506 e. The van der Waals surface area contributed by atoms with Crippen LogP contribution >= 0.6 is 0 Å². The number of hydrogen-bond acceptors (Lipinski definition) is 6. The highest BCUT2D eigenvalue weighted by Gasteiger charge is 2.32. The topological polar surface area (TPSA) is 120 Å². The highest BCUT2D eigenvalue weighted by molar-refractivity contribution is 5.66. The molecule has 1 rings (SSSR count). The van der Waals surface area contributed by atoms with Gasteiger partial charge in [-0.25, -0.2) is 4.79 Å². The lowest BCUT2D eigenvalue weighted by Crippen LogP contribution is -2.36. The van der Waals surface area contributed by atoms with E-state index in [0.29, 0.717) is 5.06 Å². The summed E-state index contributed by atoms with van der Waals surface area (Å²) in [5.41, 5.74) is -0.315. The molecule has 1 heterocycles. The van der Waals surface area contributed by atoms with Gasteiger partial charge in [-0.2, -0.15) is 5.06 Å². The molecule has 8 nitrogen and oxygen atoms in total. The first kappa shape index (κ1) is 12.3. The van der Waals surface area contributed by atoms with Gasteiger partial charge in [0.05, 0.1) is 7.11 Å². The summed E-state index contributed by atoms with van der Waals surface area (Å²) in [5, 5.41) is 36.7. The normalized spacial score (nSPS) is 20.2. The summed E-state index contributed by atoms with van der Waals surface area (Å²) >= 11 is 0. The van der Waals surface area contributed by atoms with Crippen LogP contribution in [0.25, 0.3) is 0 Å². The summed E-state index contributed by atoms with van der Waals surface area (Å²) < 4.78 is 4.73. The first-order valence-electron chi connectivity index (χ1n) is 4.17. The number of ether oxygens (including phenoxy) is 1. The van der Waals surface area contributed by atoms with Crippen LogP contribution in [0.4, 0.5) is 4.79 Å². The van der Waals surface area contributed by atoms with Crippen molar-refractivity contribution >= 4 is 6.09 Å². The first-order chi connectivity index (χ1) is 7.52. The molecule has 0 spiro atoms. The molecule has 1 unspecified atom stereocenters. The van der Waals surface area contributed by atoms with E-state index in [1.807, 2.05) is 0 Å². The maximum Gasteiger partial charge on any atom is 0.436 e. The van der Waals surface area contributed by atoms with Crippen molar-refractivity contribution in [3.05, 3.63) is 23.5 Å². The predicted molar refractivity (Wildman–Crippen MR) is 48.8 cm³/mol. The number of aliphatic hydroxyl groups excluding tert-OH is 3. The van der Waals surface area contributed by atoms with E-state index in [-0.39, 0.29) is 11.5 Å². The van der Waals surface area contributed by atoms with E-state index >= 15 is 0 Å². The van der Waals surface area contributed by atoms with Crippen molar-refractivity contribution in [3.8, 4) is 0 Å². The van der Waals surface area contributed by atoms with Crippen LogP contribution in [0.5, 0.6) is 0 Å². The highest BCUT2D eigenvalue weighted by atomic mass is 16.7. The summed E-state index contributed by atoms with van der Waals surface area (Å²) in [6.07, 6.45) is -2.25. The number of carbonyl (C=O) groups is 1. The predicted octanol–water partition coefficient (Wildman–Crippen LogP) is -0.478. The Labute approximate surface area is 90.2 Å². The van der Waals surface area contributed by atoms with Crippen molar-refractivity contribution in [2.75, 3.05) is 13.7 Å². The third-order valence-electron chi connectivity index (χ3n) is 1.88. The fourth-order valence-corrected chi connectivity index (χ4v) is 1.12. The van der Waals surface area contributed by atoms with Crippen molar-refractivity contribution < 1.29 is 34.8 Å². The van der Waals surface area contributed by atoms with Gasteiger partial charge < -0.3 is 25.2 Å². The molecule has 0 radical (unpaired) electrons. The smallest absolute Gasteiger partial charge is 0.436 e. The molecule has 0 saturated carbocycles. The third-order valence-corrected chi connectivity index (χ3v) is 1.88. The zero-order valence-electron chi connectivity index (χ0n) is 8.32. The highest BCUT2D eigenvalue weighted by Crippen LogP contribution is 2.23. The van der Waals surface area contributed by atoms with Crippen LogP contribution in [-0.4, -0.2) is 51.4 Å². The molecular weight excluding hydrogens is 222 g/mol. The standard InChI is InChI=1S/C8H11NO7/c1-15-9(8(13)14)4-3-16-5(2-10)7(12)6(4)11/h3,6,10-12H,2H2,1H3,(H,13,14). The average Bonchev–Trinajstić information content (AvgIpc) is 2.25. The zero-order chi connectivity index (χ0) is 12.3. The summed E-state index contributed by atoms with van der Waals surface area (Å²) in [6.45, 7) is -0.618. The Hall–Kier alpha value is -1.77. The van der Waals surface area contributed by atoms with Gasteiger partial charge in [-0.15, -0.1) is 0 Å². The van der Waals surface area contributed by atoms with Crippen LogP contribution in [-0.2, 0) is 9.57 Å². The molecule has 1 atom stereocenters. The number of nitrogens with zero attached hydrogens (tertiary/aromatic N) is 1. The Morgan fingerprint density at radius 2 is 2.31 bits per heavy atom. The van der Waals surface area contributed by atoms with Gasteiger partial charge in [-0.3, -0.25) is 4.84 Å². The number of aliphatic hydroxyl groups is 3. The van der Waals surface area contributed by atoms with E-state index in [4.69, 9.17) is 14.9 Å². The second-order valence-corrected chi connectivity index (χ2v) is 2.79. The van der Waals surface area contributed by atoms with Crippen LogP contribution < -0.4 is 0 Å². The fraction of sp³-hybridized carbons (Fsp3) is 0.375. The molecule has 90 valence electrons. The molecule has 8 heteroatoms. The molecule has 0 aromatic rings. The monoisotopic (exact) mass is 233 g/mol. The van der Waals surface area contributed by atoms with Crippen LogP contribution in [0.15, 0.2) is 23.5 Å². The first-order valence-corrected chi connectivity index (χ1v) is 4.17. The lowest BCUT2D eigenvalue weighted by atomic mass is 10.2. The molecule has 0 saturated heterocycles. The van der Waals surface area contributed by atoms with Crippen molar-refractivity contribution in [3.63, 3.8) is 0 Å². The fourth-order valence-electron chi connectivity index (χ4n) is 1.12. The SMILES string of the molecule is CON(C(=O)O)C1=COC(CO)=C(O)C1O. The third kappa shape index (κ3) is 2.08. The summed E-state index contributed by atoms with van der Waals surface area (Å²) in [6, 6.07) is 0. The van der Waals surface area contributed by atoms with Crippen LogP contribution in [0.3, 0.4) is 0 Å². The van der Waals surface area contributed by atoms with Crippen molar-refractivity contribution in [2.24, 2.45) is 0 Å². The van der Waals surface area contributed by atoms with E-state index in [0.717, 1.165) is 13.4 Å². The van der Waals surface area contributed by atoms with Gasteiger partial charge in [0.25, 0.3) is 0 Å². The summed E-state index contributed by atoms with van der Waals surface area (Å²) in [5.74, 6) is -0.916. The molecule has 0 bridgehead atoms. The number of carboxylic acid groups (broad SMARTS) is 1. The number of amides is 1. The van der Waals surface area contributed by atoms with Crippen LogP contribution in [0.1, 0.15) is 0 Å². The molecule has 1 aliphatic heterocycles. The van der Waals surface area contributed by atoms with Crippen LogP contribution in [0, 0.1) is 0 Å². The van der Waals surface area contributed by atoms with Crippen molar-refractivity contribution in [1.82, 2.24) is 5.06 Å². The molecule has 0 fully saturated rings. The van der Waals surface area contributed by atoms with Gasteiger partial charge in [0.1, 0.15) is 18.6 Å². The number of hydroxylamine groups is 2. The van der Waals surface area contributed by atoms with Crippen LogP contribution in [0.2, 0.25) is 0 Å². The molecule has 0 aromatic carbocycles. The molecule has 1 amide bonds. The molecule has 4 N–H and O–H groups in total. The van der Waals surface area contributed by atoms with Gasteiger partial charge in [0.2, 0.25) is 0 Å². The minimum absolute atomic E-state index is 0.252. The molecule has 0 aromatic heterocycles. The lowest BCUT2D eigenvalue weighted by molar-refractivity contribution is -0.0933. The minimum atomic E-state index is -1.63. The van der Waals surface area contributed by atoms with Gasteiger partial charge >= 0.3 is 6.09 Å². The van der Waals surface area contributed by atoms with E-state index < -0.39 is 24.6 Å². The quantitative estimate of drug-likeness (QED) is 0.486. The minimum Gasteiger partial charge on any atom is -0.506 e. The molecule has 0 aliphatic carbocycles. The Balaban J connectivity index is 2.95. The Kier molecular flexibility index (Phi) is 3.72. The Bertz CT molecular complexity index is 348. The molecule has 16 heavy (non-hydrogen) atoms. The van der Waals surface area contributed by atoms with Gasteiger partial charge in [0, 0.05) is 0 Å². The van der Waals surface area contributed by atoms with Crippen molar-refractivity contribution in [1.29, 1.82) is 0 Å². The zero-order valence-corrected chi connectivity index (χ0v) is 8.32. The van der Waals surface area contributed by atoms with Gasteiger partial charge in [-0.1, -0.05) is 0 Å². The summed E-state index contributed by atoms with van der Waals surface area (Å²) in [4.78, 5) is 15.1. The maximum atomic E-state index is 10.7. The second-order valence-electron chi connectivity index (χ2n) is 2.79. The van der Waals surface area contributed by atoms with E-state index in [1.165, 1.54) is 0 Å². The Morgan fingerprint density at radius 3 is 2.75 bits per heavy atom. The Morgan fingerprint density at radius 1 is 1.69 bits per heavy atom. The lowest BCUT2D eigenvalue weighted by Gasteiger charge is -2.26. The van der Waals surface area contributed by atoms with E-state index in [2.05, 4.69) is 4.84 Å². The number of rotatable bonds is 3. The average molecular weight is 233 g/mol. The van der Waals surface area contributed by atoms with Crippen molar-refractivity contribution in [2.45, 2.75) is 6.10 Å². The summed E-state index contributed by atoms with van der Waals surface area (Å²) in [7, 11) is 1.07. The van der Waals surface area contributed by atoms with Gasteiger partial charge in [-0.05, 0) is 0 Å². The van der Waals surface area contributed by atoms with E-state index in [9.17, 15) is 15.0 Å². The maximum absolute atomic E-state index is 10.7.